The average Bonchev–Trinajstić information content (AvgIpc) is 2.75. The summed E-state index contributed by atoms with van der Waals surface area (Å²) in [7, 11) is 2.00. The van der Waals surface area contributed by atoms with Crippen molar-refractivity contribution in [3.8, 4) is 0 Å². The molecule has 0 unspecified atom stereocenters. The summed E-state index contributed by atoms with van der Waals surface area (Å²) in [5, 5.41) is 7.68. The number of aromatic nitrogens is 2. The van der Waals surface area contributed by atoms with Gasteiger partial charge in [-0.15, -0.1) is 0 Å². The van der Waals surface area contributed by atoms with Gasteiger partial charge in [0.25, 0.3) is 0 Å². The first-order valence-electron chi connectivity index (χ1n) is 6.09. The molecule has 1 N–H and O–H groups in total. The third-order valence-corrected chi connectivity index (χ3v) is 3.30. The molecular formula is C12H21N3. The topological polar surface area (TPSA) is 29.9 Å². The van der Waals surface area contributed by atoms with E-state index in [1.165, 1.54) is 37.8 Å². The van der Waals surface area contributed by atoms with Crippen LogP contribution in [0.2, 0.25) is 0 Å². The van der Waals surface area contributed by atoms with Crippen molar-refractivity contribution in [2.24, 2.45) is 0 Å². The van der Waals surface area contributed by atoms with E-state index in [0.717, 1.165) is 13.0 Å². The van der Waals surface area contributed by atoms with Gasteiger partial charge in [0, 0.05) is 24.9 Å². The predicted molar refractivity (Wildman–Crippen MR) is 62.0 cm³/mol. The van der Waals surface area contributed by atoms with Crippen LogP contribution in [0.4, 0.5) is 0 Å². The summed E-state index contributed by atoms with van der Waals surface area (Å²) < 4.78 is 2.26. The van der Waals surface area contributed by atoms with Crippen molar-refractivity contribution in [1.82, 2.24) is 15.1 Å². The van der Waals surface area contributed by atoms with Crippen molar-refractivity contribution < 1.29 is 0 Å². The van der Waals surface area contributed by atoms with Crippen molar-refractivity contribution in [2.75, 3.05) is 13.6 Å². The summed E-state index contributed by atoms with van der Waals surface area (Å²) in [6.07, 6.45) is 9.81. The molecule has 84 valence electrons. The van der Waals surface area contributed by atoms with Crippen LogP contribution in [0.5, 0.6) is 0 Å². The van der Waals surface area contributed by atoms with Gasteiger partial charge in [0.1, 0.15) is 0 Å². The van der Waals surface area contributed by atoms with Crippen molar-refractivity contribution in [3.63, 3.8) is 0 Å². The first kappa shape index (κ1) is 10.7. The fourth-order valence-electron chi connectivity index (χ4n) is 2.45. The molecule has 0 amide bonds. The second-order valence-corrected chi connectivity index (χ2v) is 4.41. The zero-order valence-corrected chi connectivity index (χ0v) is 9.58. The van der Waals surface area contributed by atoms with Gasteiger partial charge >= 0.3 is 0 Å². The molecule has 0 aromatic carbocycles. The first-order valence-corrected chi connectivity index (χ1v) is 6.09. The maximum Gasteiger partial charge on any atom is 0.0522 e. The van der Waals surface area contributed by atoms with E-state index in [-0.39, 0.29) is 0 Å². The summed E-state index contributed by atoms with van der Waals surface area (Å²) in [4.78, 5) is 0. The van der Waals surface area contributed by atoms with E-state index < -0.39 is 0 Å². The van der Waals surface area contributed by atoms with Gasteiger partial charge in [-0.3, -0.25) is 4.68 Å². The molecule has 1 heterocycles. The zero-order valence-electron chi connectivity index (χ0n) is 9.58. The van der Waals surface area contributed by atoms with E-state index in [1.807, 2.05) is 13.2 Å². The molecular weight excluding hydrogens is 186 g/mol. The first-order chi connectivity index (χ1) is 7.42. The highest BCUT2D eigenvalue weighted by Gasteiger charge is 2.17. The van der Waals surface area contributed by atoms with Gasteiger partial charge in [-0.25, -0.2) is 0 Å². The van der Waals surface area contributed by atoms with Crippen LogP contribution in [0.1, 0.15) is 43.8 Å². The van der Waals surface area contributed by atoms with E-state index >= 15 is 0 Å². The Morgan fingerprint density at radius 3 is 2.93 bits per heavy atom. The fraction of sp³-hybridized carbons (Fsp3) is 0.750. The van der Waals surface area contributed by atoms with Crippen molar-refractivity contribution >= 4 is 0 Å². The highest BCUT2D eigenvalue weighted by Crippen LogP contribution is 2.28. The molecule has 0 radical (unpaired) electrons. The Morgan fingerprint density at radius 1 is 1.40 bits per heavy atom. The SMILES string of the molecule is CNCCc1ccnn1C1CCCCC1. The van der Waals surface area contributed by atoms with Crippen molar-refractivity contribution in [3.05, 3.63) is 18.0 Å². The van der Waals surface area contributed by atoms with Crippen LogP contribution >= 0.6 is 0 Å². The van der Waals surface area contributed by atoms with Crippen LogP contribution in [0.25, 0.3) is 0 Å². The standard InChI is InChI=1S/C12H21N3/c1-13-9-7-12-8-10-14-15(12)11-5-3-2-4-6-11/h8,10-11,13H,2-7,9H2,1H3. The Hall–Kier alpha value is -0.830. The largest absolute Gasteiger partial charge is 0.319 e. The molecule has 1 fully saturated rings. The molecule has 1 aromatic rings. The molecule has 1 aliphatic carbocycles. The maximum atomic E-state index is 4.48. The molecule has 0 bridgehead atoms. The summed E-state index contributed by atoms with van der Waals surface area (Å²) in [5.74, 6) is 0. The average molecular weight is 207 g/mol. The molecule has 1 aliphatic rings. The van der Waals surface area contributed by atoms with Gasteiger partial charge in [-0.05, 0) is 26.0 Å². The van der Waals surface area contributed by atoms with Gasteiger partial charge in [-0.1, -0.05) is 19.3 Å². The zero-order chi connectivity index (χ0) is 10.5. The lowest BCUT2D eigenvalue weighted by Gasteiger charge is -2.24. The quantitative estimate of drug-likeness (QED) is 0.820. The molecule has 3 heteroatoms. The highest BCUT2D eigenvalue weighted by molar-refractivity contribution is 5.03. The van der Waals surface area contributed by atoms with E-state index in [1.54, 1.807) is 0 Å². The van der Waals surface area contributed by atoms with Crippen molar-refractivity contribution in [1.29, 1.82) is 0 Å². The molecule has 0 aliphatic heterocycles. The second-order valence-electron chi connectivity index (χ2n) is 4.41. The summed E-state index contributed by atoms with van der Waals surface area (Å²) in [5.41, 5.74) is 1.39. The lowest BCUT2D eigenvalue weighted by Crippen LogP contribution is -2.19. The van der Waals surface area contributed by atoms with Crippen molar-refractivity contribution in [2.45, 2.75) is 44.6 Å². The molecule has 1 saturated carbocycles. The number of rotatable bonds is 4. The molecule has 0 atom stereocenters. The third kappa shape index (κ3) is 2.59. The van der Waals surface area contributed by atoms with E-state index in [9.17, 15) is 0 Å². The van der Waals surface area contributed by atoms with Crippen LogP contribution in [0.3, 0.4) is 0 Å². The fourth-order valence-corrected chi connectivity index (χ4v) is 2.45. The minimum atomic E-state index is 0.667. The van der Waals surface area contributed by atoms with Crippen LogP contribution < -0.4 is 5.32 Å². The third-order valence-electron chi connectivity index (χ3n) is 3.30. The molecule has 2 rings (SSSR count). The summed E-state index contributed by atoms with van der Waals surface area (Å²) in [6.45, 7) is 1.04. The number of likely N-dealkylation sites (N-methyl/N-ethyl adjacent to an activating group) is 1. The van der Waals surface area contributed by atoms with Crippen LogP contribution in [0, 0.1) is 0 Å². The van der Waals surface area contributed by atoms with Gasteiger partial charge < -0.3 is 5.32 Å². The van der Waals surface area contributed by atoms with Gasteiger partial charge in [0.15, 0.2) is 0 Å². The Morgan fingerprint density at radius 2 is 2.20 bits per heavy atom. The van der Waals surface area contributed by atoms with Gasteiger partial charge in [-0.2, -0.15) is 5.10 Å². The normalized spacial score (nSPS) is 18.2. The van der Waals surface area contributed by atoms with E-state index in [4.69, 9.17) is 0 Å². The van der Waals surface area contributed by atoms with Gasteiger partial charge in [0.05, 0.1) is 6.04 Å². The van der Waals surface area contributed by atoms with Gasteiger partial charge in [0.2, 0.25) is 0 Å². The molecule has 3 nitrogen and oxygen atoms in total. The molecule has 0 saturated heterocycles. The van der Waals surface area contributed by atoms with E-state index in [0.29, 0.717) is 6.04 Å². The minimum Gasteiger partial charge on any atom is -0.319 e. The number of hydrogen-bond acceptors (Lipinski definition) is 2. The van der Waals surface area contributed by atoms with Crippen LogP contribution in [0.15, 0.2) is 12.3 Å². The summed E-state index contributed by atoms with van der Waals surface area (Å²) in [6, 6.07) is 2.83. The summed E-state index contributed by atoms with van der Waals surface area (Å²) >= 11 is 0. The Bertz CT molecular complexity index is 287. The number of nitrogens with zero attached hydrogens (tertiary/aromatic N) is 2. The molecule has 1 aromatic heterocycles. The maximum absolute atomic E-state index is 4.48. The number of nitrogens with one attached hydrogen (secondary N) is 1. The lowest BCUT2D eigenvalue weighted by atomic mass is 9.95. The van der Waals surface area contributed by atoms with Crippen LogP contribution in [-0.4, -0.2) is 23.4 Å². The minimum absolute atomic E-state index is 0.667. The second kappa shape index (κ2) is 5.31. The Labute approximate surface area is 91.9 Å². The Kier molecular flexibility index (Phi) is 3.78. The monoisotopic (exact) mass is 207 g/mol. The smallest absolute Gasteiger partial charge is 0.0522 e. The Balaban J connectivity index is 2.02. The van der Waals surface area contributed by atoms with Crippen LogP contribution in [-0.2, 0) is 6.42 Å². The van der Waals surface area contributed by atoms with E-state index in [2.05, 4.69) is 21.2 Å². The molecule has 15 heavy (non-hydrogen) atoms. The lowest BCUT2D eigenvalue weighted by molar-refractivity contribution is 0.322. The molecule has 0 spiro atoms. The number of hydrogen-bond donors (Lipinski definition) is 1. The highest BCUT2D eigenvalue weighted by atomic mass is 15.3. The predicted octanol–water partition coefficient (Wildman–Crippen LogP) is 2.15.